The van der Waals surface area contributed by atoms with Crippen molar-refractivity contribution in [3.63, 3.8) is 0 Å². The van der Waals surface area contributed by atoms with E-state index in [4.69, 9.17) is 9.47 Å². The highest BCUT2D eigenvalue weighted by Gasteiger charge is 2.24. The van der Waals surface area contributed by atoms with Gasteiger partial charge in [-0.15, -0.1) is 0 Å². The largest absolute Gasteiger partial charge is 0.488 e. The van der Waals surface area contributed by atoms with Crippen LogP contribution in [0.5, 0.6) is 5.75 Å². The Morgan fingerprint density at radius 1 is 1.58 bits per heavy atom. The quantitative estimate of drug-likeness (QED) is 0.823. The Morgan fingerprint density at radius 3 is 3.11 bits per heavy atom. The molecule has 0 amide bonds. The van der Waals surface area contributed by atoms with Crippen LogP contribution in [0.2, 0.25) is 0 Å². The smallest absolute Gasteiger partial charge is 0.322 e. The Hall–Kier alpha value is -1.55. The average Bonchev–Trinajstić information content (AvgIpc) is 2.78. The number of carbonyl (C=O) groups excluding carboxylic acids is 1. The molecule has 1 aliphatic rings. The van der Waals surface area contributed by atoms with Gasteiger partial charge in [-0.1, -0.05) is 17.7 Å². The molecule has 1 aromatic carbocycles. The molecular formula is C15H21NO3. The van der Waals surface area contributed by atoms with E-state index in [-0.39, 0.29) is 18.1 Å². The fourth-order valence-electron chi connectivity index (χ4n) is 2.22. The van der Waals surface area contributed by atoms with E-state index in [9.17, 15) is 4.79 Å². The van der Waals surface area contributed by atoms with Crippen LogP contribution < -0.4 is 10.1 Å². The first kappa shape index (κ1) is 13.9. The molecule has 1 heterocycles. The van der Waals surface area contributed by atoms with Crippen LogP contribution in [0, 0.1) is 6.92 Å². The van der Waals surface area contributed by atoms with Gasteiger partial charge in [0.25, 0.3) is 0 Å². The highest BCUT2D eigenvalue weighted by molar-refractivity contribution is 5.75. The molecule has 0 saturated carbocycles. The first-order valence-electron chi connectivity index (χ1n) is 6.76. The summed E-state index contributed by atoms with van der Waals surface area (Å²) in [6, 6.07) is 5.92. The fourth-order valence-corrected chi connectivity index (χ4v) is 2.22. The van der Waals surface area contributed by atoms with Crippen LogP contribution in [0.15, 0.2) is 18.2 Å². The van der Waals surface area contributed by atoms with Gasteiger partial charge in [-0.2, -0.15) is 0 Å². The molecule has 4 nitrogen and oxygen atoms in total. The SMILES string of the molecule is CCOC(=O)C(C)NCC1Cc2cc(C)ccc2O1. The molecule has 4 heteroatoms. The molecule has 19 heavy (non-hydrogen) atoms. The number of esters is 1. The minimum atomic E-state index is -0.297. The Labute approximate surface area is 114 Å². The van der Waals surface area contributed by atoms with Gasteiger partial charge < -0.3 is 14.8 Å². The molecule has 2 unspecified atom stereocenters. The maximum absolute atomic E-state index is 11.5. The summed E-state index contributed by atoms with van der Waals surface area (Å²) in [7, 11) is 0. The molecule has 104 valence electrons. The molecule has 0 aromatic heterocycles. The van der Waals surface area contributed by atoms with E-state index in [0.29, 0.717) is 13.2 Å². The number of hydrogen-bond acceptors (Lipinski definition) is 4. The maximum atomic E-state index is 11.5. The summed E-state index contributed by atoms with van der Waals surface area (Å²) in [6.45, 7) is 6.76. The van der Waals surface area contributed by atoms with E-state index in [0.717, 1.165) is 12.2 Å². The van der Waals surface area contributed by atoms with E-state index in [2.05, 4.69) is 24.4 Å². The maximum Gasteiger partial charge on any atom is 0.322 e. The fraction of sp³-hybridized carbons (Fsp3) is 0.533. The van der Waals surface area contributed by atoms with Gasteiger partial charge in [-0.3, -0.25) is 4.79 Å². The highest BCUT2D eigenvalue weighted by Crippen LogP contribution is 2.29. The zero-order chi connectivity index (χ0) is 13.8. The van der Waals surface area contributed by atoms with Crippen molar-refractivity contribution in [2.75, 3.05) is 13.2 Å². The average molecular weight is 263 g/mol. The van der Waals surface area contributed by atoms with E-state index in [1.54, 1.807) is 0 Å². The van der Waals surface area contributed by atoms with Gasteiger partial charge in [0.1, 0.15) is 17.9 Å². The number of fused-ring (bicyclic) bond motifs is 1. The summed E-state index contributed by atoms with van der Waals surface area (Å²) >= 11 is 0. The van der Waals surface area contributed by atoms with Crippen molar-refractivity contribution in [1.82, 2.24) is 5.32 Å². The molecule has 2 rings (SSSR count). The third-order valence-electron chi connectivity index (χ3n) is 3.25. The van der Waals surface area contributed by atoms with Crippen LogP contribution in [0.4, 0.5) is 0 Å². The summed E-state index contributed by atoms with van der Waals surface area (Å²) in [5.41, 5.74) is 2.49. The summed E-state index contributed by atoms with van der Waals surface area (Å²) in [4.78, 5) is 11.5. The lowest BCUT2D eigenvalue weighted by Gasteiger charge is -2.16. The number of nitrogens with one attached hydrogen (secondary N) is 1. The minimum absolute atomic E-state index is 0.0914. The van der Waals surface area contributed by atoms with Gasteiger partial charge in [-0.25, -0.2) is 0 Å². The zero-order valence-corrected chi connectivity index (χ0v) is 11.7. The Kier molecular flexibility index (Phi) is 4.43. The number of ether oxygens (including phenoxy) is 2. The third kappa shape index (κ3) is 3.47. The van der Waals surface area contributed by atoms with Gasteiger partial charge in [0.05, 0.1) is 6.61 Å². The standard InChI is InChI=1S/C15H21NO3/c1-4-18-15(17)11(3)16-9-13-8-12-7-10(2)5-6-14(12)19-13/h5-7,11,13,16H,4,8-9H2,1-3H3. The van der Waals surface area contributed by atoms with Crippen LogP contribution in [0.3, 0.4) is 0 Å². The predicted octanol–water partition coefficient (Wildman–Crippen LogP) is 1.84. The van der Waals surface area contributed by atoms with Crippen molar-refractivity contribution in [1.29, 1.82) is 0 Å². The van der Waals surface area contributed by atoms with Gasteiger partial charge in [0.2, 0.25) is 0 Å². The van der Waals surface area contributed by atoms with Crippen molar-refractivity contribution < 1.29 is 14.3 Å². The van der Waals surface area contributed by atoms with Crippen molar-refractivity contribution in [2.24, 2.45) is 0 Å². The lowest BCUT2D eigenvalue weighted by atomic mass is 10.1. The summed E-state index contributed by atoms with van der Waals surface area (Å²) in [5.74, 6) is 0.745. The topological polar surface area (TPSA) is 47.6 Å². The molecular weight excluding hydrogens is 242 g/mol. The Bertz CT molecular complexity index is 459. The van der Waals surface area contributed by atoms with Gasteiger partial charge in [-0.05, 0) is 32.4 Å². The zero-order valence-electron chi connectivity index (χ0n) is 11.7. The number of rotatable bonds is 5. The van der Waals surface area contributed by atoms with Gasteiger partial charge in [0.15, 0.2) is 0 Å². The number of hydrogen-bond donors (Lipinski definition) is 1. The minimum Gasteiger partial charge on any atom is -0.488 e. The van der Waals surface area contributed by atoms with Crippen LogP contribution in [0.25, 0.3) is 0 Å². The van der Waals surface area contributed by atoms with Crippen molar-refractivity contribution in [3.8, 4) is 5.75 Å². The van der Waals surface area contributed by atoms with E-state index in [1.807, 2.05) is 19.9 Å². The van der Waals surface area contributed by atoms with E-state index < -0.39 is 0 Å². The molecule has 1 aromatic rings. The third-order valence-corrected chi connectivity index (χ3v) is 3.25. The lowest BCUT2D eigenvalue weighted by Crippen LogP contribution is -2.41. The Balaban J connectivity index is 1.82. The van der Waals surface area contributed by atoms with Crippen molar-refractivity contribution in [3.05, 3.63) is 29.3 Å². The van der Waals surface area contributed by atoms with Crippen LogP contribution in [-0.4, -0.2) is 31.3 Å². The molecule has 0 spiro atoms. The van der Waals surface area contributed by atoms with E-state index >= 15 is 0 Å². The van der Waals surface area contributed by atoms with Gasteiger partial charge >= 0.3 is 5.97 Å². The molecule has 0 fully saturated rings. The Morgan fingerprint density at radius 2 is 2.37 bits per heavy atom. The van der Waals surface area contributed by atoms with Crippen LogP contribution in [0.1, 0.15) is 25.0 Å². The molecule has 2 atom stereocenters. The van der Waals surface area contributed by atoms with Gasteiger partial charge in [0, 0.05) is 13.0 Å². The molecule has 1 N–H and O–H groups in total. The normalized spacial score (nSPS) is 18.6. The molecule has 0 aliphatic carbocycles. The predicted molar refractivity (Wildman–Crippen MR) is 73.4 cm³/mol. The first-order chi connectivity index (χ1) is 9.10. The van der Waals surface area contributed by atoms with Crippen LogP contribution >= 0.6 is 0 Å². The monoisotopic (exact) mass is 263 g/mol. The van der Waals surface area contributed by atoms with Crippen molar-refractivity contribution >= 4 is 5.97 Å². The molecule has 0 saturated heterocycles. The second-order valence-electron chi connectivity index (χ2n) is 4.94. The van der Waals surface area contributed by atoms with E-state index in [1.165, 1.54) is 11.1 Å². The second-order valence-corrected chi connectivity index (χ2v) is 4.94. The number of carbonyl (C=O) groups is 1. The number of aryl methyl sites for hydroxylation is 1. The molecule has 1 aliphatic heterocycles. The summed E-state index contributed by atoms with van der Waals surface area (Å²) < 4.78 is 10.8. The van der Waals surface area contributed by atoms with Crippen LogP contribution in [-0.2, 0) is 16.0 Å². The molecule has 0 radical (unpaired) electrons. The number of benzene rings is 1. The van der Waals surface area contributed by atoms with Crippen molar-refractivity contribution in [2.45, 2.75) is 39.3 Å². The highest BCUT2D eigenvalue weighted by atomic mass is 16.5. The summed E-state index contributed by atoms with van der Waals surface area (Å²) in [6.07, 6.45) is 0.980. The molecule has 0 bridgehead atoms. The summed E-state index contributed by atoms with van der Waals surface area (Å²) in [5, 5.41) is 3.16. The second kappa shape index (κ2) is 6.06. The first-order valence-corrected chi connectivity index (χ1v) is 6.76. The lowest BCUT2D eigenvalue weighted by molar-refractivity contribution is -0.145.